The fourth-order valence-electron chi connectivity index (χ4n) is 6.07. The Bertz CT molecular complexity index is 771. The molecule has 0 aliphatic heterocycles. The molecular weight excluding hydrogens is 590 g/mol. The summed E-state index contributed by atoms with van der Waals surface area (Å²) in [5.41, 5.74) is 0. The highest BCUT2D eigenvalue weighted by Gasteiger charge is 2.17. The van der Waals surface area contributed by atoms with Gasteiger partial charge in [-0.05, 0) is 57.8 Å². The lowest BCUT2D eigenvalue weighted by Crippen LogP contribution is -2.45. The van der Waals surface area contributed by atoms with E-state index in [0.717, 1.165) is 51.4 Å². The third-order valence-corrected chi connectivity index (χ3v) is 9.31. The van der Waals surface area contributed by atoms with Crippen LogP contribution >= 0.6 is 0 Å². The second-order valence-corrected chi connectivity index (χ2v) is 14.1. The average molecular weight is 672 g/mol. The molecule has 0 rings (SSSR count). The van der Waals surface area contributed by atoms with E-state index in [4.69, 9.17) is 0 Å². The van der Waals surface area contributed by atoms with Gasteiger partial charge in [-0.25, -0.2) is 0 Å². The molecule has 4 heteroatoms. The Morgan fingerprint density at radius 2 is 0.854 bits per heavy atom. The summed E-state index contributed by atoms with van der Waals surface area (Å²) in [5.74, 6) is -0.0778. The number of aliphatic hydroxyl groups is 2. The second kappa shape index (κ2) is 39.8. The van der Waals surface area contributed by atoms with Crippen LogP contribution in [0.3, 0.4) is 0 Å². The lowest BCUT2D eigenvalue weighted by molar-refractivity contribution is -0.123. The van der Waals surface area contributed by atoms with Gasteiger partial charge < -0.3 is 15.5 Å². The summed E-state index contributed by atoms with van der Waals surface area (Å²) in [6, 6.07) is -0.629. The molecule has 0 aliphatic rings. The van der Waals surface area contributed by atoms with E-state index in [-0.39, 0.29) is 12.5 Å². The molecule has 0 aromatic rings. The minimum absolute atomic E-state index is 0.0778. The van der Waals surface area contributed by atoms with E-state index in [9.17, 15) is 15.0 Å². The van der Waals surface area contributed by atoms with E-state index in [1.54, 1.807) is 6.08 Å². The summed E-state index contributed by atoms with van der Waals surface area (Å²) >= 11 is 0. The molecule has 280 valence electrons. The molecule has 2 atom stereocenters. The molecule has 48 heavy (non-hydrogen) atoms. The molecule has 0 saturated carbocycles. The van der Waals surface area contributed by atoms with Gasteiger partial charge in [0.15, 0.2) is 0 Å². The molecule has 0 aromatic heterocycles. The number of rotatable bonds is 37. The molecule has 0 fully saturated rings. The van der Waals surface area contributed by atoms with Gasteiger partial charge in [0.05, 0.1) is 18.8 Å². The predicted octanol–water partition coefficient (Wildman–Crippen LogP) is 12.8. The van der Waals surface area contributed by atoms with Gasteiger partial charge in [-0.1, -0.05) is 191 Å². The first kappa shape index (κ1) is 46.4. The highest BCUT2D eigenvalue weighted by Crippen LogP contribution is 2.14. The summed E-state index contributed by atoms with van der Waals surface area (Å²) in [6.45, 7) is 4.29. The Morgan fingerprint density at radius 1 is 0.500 bits per heavy atom. The number of carbonyl (C=O) groups is 1. The van der Waals surface area contributed by atoms with Crippen LogP contribution in [0.25, 0.3) is 0 Å². The number of amides is 1. The Hall–Kier alpha value is -1.65. The van der Waals surface area contributed by atoms with Crippen molar-refractivity contribution in [3.05, 3.63) is 48.6 Å². The topological polar surface area (TPSA) is 69.6 Å². The Kier molecular flexibility index (Phi) is 38.4. The molecule has 4 nitrogen and oxygen atoms in total. The molecule has 0 aliphatic carbocycles. The molecule has 0 bridgehead atoms. The summed E-state index contributed by atoms with van der Waals surface area (Å²) in [5, 5.41) is 23.0. The van der Waals surface area contributed by atoms with Crippen LogP contribution in [0.2, 0.25) is 0 Å². The van der Waals surface area contributed by atoms with Crippen LogP contribution in [0.4, 0.5) is 0 Å². The highest BCUT2D eigenvalue weighted by atomic mass is 16.3. The van der Waals surface area contributed by atoms with Crippen LogP contribution < -0.4 is 5.32 Å². The zero-order valence-corrected chi connectivity index (χ0v) is 32.0. The number of unbranched alkanes of at least 4 members (excludes halogenated alkanes) is 24. The molecule has 0 saturated heterocycles. The summed E-state index contributed by atoms with van der Waals surface area (Å²) in [4.78, 5) is 12.4. The van der Waals surface area contributed by atoms with E-state index in [1.165, 1.54) is 135 Å². The quantitative estimate of drug-likeness (QED) is 0.0455. The fourth-order valence-corrected chi connectivity index (χ4v) is 6.07. The molecule has 3 N–H and O–H groups in total. The van der Waals surface area contributed by atoms with Crippen LogP contribution in [-0.4, -0.2) is 34.9 Å². The molecule has 0 spiro atoms. The second-order valence-electron chi connectivity index (χ2n) is 14.1. The van der Waals surface area contributed by atoms with Crippen molar-refractivity contribution in [2.24, 2.45) is 0 Å². The van der Waals surface area contributed by atoms with E-state index in [2.05, 4.69) is 55.6 Å². The van der Waals surface area contributed by atoms with Crippen LogP contribution in [0, 0.1) is 0 Å². The SMILES string of the molecule is CCCCCCC/C=C\C/C=C\C/C=C\CCCCCCCCC(=O)NC(CO)C(O)/C=C/CCCCCCCCCCCCCCC. The highest BCUT2D eigenvalue weighted by molar-refractivity contribution is 5.76. The van der Waals surface area contributed by atoms with Gasteiger partial charge in [-0.3, -0.25) is 4.79 Å². The third kappa shape index (κ3) is 35.7. The van der Waals surface area contributed by atoms with E-state index < -0.39 is 12.1 Å². The van der Waals surface area contributed by atoms with Gasteiger partial charge >= 0.3 is 0 Å². The summed E-state index contributed by atoms with van der Waals surface area (Å²) in [7, 11) is 0. The first-order chi connectivity index (χ1) is 23.7. The molecule has 0 heterocycles. The van der Waals surface area contributed by atoms with Crippen molar-refractivity contribution in [1.29, 1.82) is 0 Å². The van der Waals surface area contributed by atoms with E-state index in [0.29, 0.717) is 6.42 Å². The van der Waals surface area contributed by atoms with Gasteiger partial charge in [-0.2, -0.15) is 0 Å². The number of carbonyl (C=O) groups excluding carboxylic acids is 1. The maximum atomic E-state index is 12.4. The van der Waals surface area contributed by atoms with Crippen molar-refractivity contribution in [3.8, 4) is 0 Å². The van der Waals surface area contributed by atoms with Crippen molar-refractivity contribution in [1.82, 2.24) is 5.32 Å². The Morgan fingerprint density at radius 3 is 1.27 bits per heavy atom. The van der Waals surface area contributed by atoms with Crippen LogP contribution in [-0.2, 0) is 4.79 Å². The summed E-state index contributed by atoms with van der Waals surface area (Å²) < 4.78 is 0. The van der Waals surface area contributed by atoms with Gasteiger partial charge in [0, 0.05) is 6.42 Å². The molecule has 2 unspecified atom stereocenters. The number of hydrogen-bond acceptors (Lipinski definition) is 3. The molecular formula is C44H81NO3. The van der Waals surface area contributed by atoms with Gasteiger partial charge in [0.25, 0.3) is 0 Å². The van der Waals surface area contributed by atoms with Crippen molar-refractivity contribution in [2.75, 3.05) is 6.61 Å². The van der Waals surface area contributed by atoms with Crippen LogP contribution in [0.15, 0.2) is 48.6 Å². The zero-order chi connectivity index (χ0) is 35.0. The number of allylic oxidation sites excluding steroid dienone is 7. The third-order valence-electron chi connectivity index (χ3n) is 9.31. The predicted molar refractivity (Wildman–Crippen MR) is 211 cm³/mol. The number of aliphatic hydroxyl groups excluding tert-OH is 2. The zero-order valence-electron chi connectivity index (χ0n) is 32.0. The van der Waals surface area contributed by atoms with Gasteiger partial charge in [0.1, 0.15) is 0 Å². The van der Waals surface area contributed by atoms with Crippen molar-refractivity contribution in [2.45, 2.75) is 219 Å². The largest absolute Gasteiger partial charge is 0.394 e. The van der Waals surface area contributed by atoms with Crippen LogP contribution in [0.1, 0.15) is 206 Å². The number of hydrogen-bond donors (Lipinski definition) is 3. The molecule has 1 amide bonds. The summed E-state index contributed by atoms with van der Waals surface area (Å²) in [6.07, 6.45) is 53.4. The Balaban J connectivity index is 3.64. The maximum absolute atomic E-state index is 12.4. The first-order valence-corrected chi connectivity index (χ1v) is 20.9. The van der Waals surface area contributed by atoms with Crippen molar-refractivity contribution in [3.63, 3.8) is 0 Å². The molecule has 0 aromatic carbocycles. The van der Waals surface area contributed by atoms with Gasteiger partial charge in [0.2, 0.25) is 5.91 Å². The van der Waals surface area contributed by atoms with E-state index in [1.807, 2.05) is 6.08 Å². The fraction of sp³-hybridized carbons (Fsp3) is 0.795. The monoisotopic (exact) mass is 672 g/mol. The number of nitrogens with one attached hydrogen (secondary N) is 1. The lowest BCUT2D eigenvalue weighted by atomic mass is 10.0. The maximum Gasteiger partial charge on any atom is 0.220 e. The average Bonchev–Trinajstić information content (AvgIpc) is 3.09. The normalized spacial score (nSPS) is 13.5. The van der Waals surface area contributed by atoms with Crippen LogP contribution in [0.5, 0.6) is 0 Å². The smallest absolute Gasteiger partial charge is 0.220 e. The van der Waals surface area contributed by atoms with Crippen molar-refractivity contribution >= 4 is 5.91 Å². The Labute approximate surface area is 299 Å². The minimum atomic E-state index is -0.845. The van der Waals surface area contributed by atoms with Gasteiger partial charge in [-0.15, -0.1) is 0 Å². The van der Waals surface area contributed by atoms with E-state index >= 15 is 0 Å². The first-order valence-electron chi connectivity index (χ1n) is 20.9. The molecule has 0 radical (unpaired) electrons. The lowest BCUT2D eigenvalue weighted by Gasteiger charge is -2.20. The minimum Gasteiger partial charge on any atom is -0.394 e. The standard InChI is InChI=1S/C44H81NO3/c1-3-5-7-9-11-13-15-17-19-20-21-22-23-24-26-28-30-32-34-36-38-40-44(48)45-42(41-46)43(47)39-37-35-33-31-29-27-25-18-16-14-12-10-8-6-4-2/h15,17,20-21,23-24,37,39,42-43,46-47H,3-14,16,18-19,22,25-36,38,40-41H2,1-2H3,(H,45,48)/b17-15-,21-20-,24-23-,39-37+. The van der Waals surface area contributed by atoms with Crippen molar-refractivity contribution < 1.29 is 15.0 Å².